The Morgan fingerprint density at radius 1 is 1.36 bits per heavy atom. The van der Waals surface area contributed by atoms with Gasteiger partial charge in [-0.1, -0.05) is 29.3 Å². The molecule has 0 saturated heterocycles. The van der Waals surface area contributed by atoms with Crippen molar-refractivity contribution in [1.29, 1.82) is 0 Å². The van der Waals surface area contributed by atoms with Crippen LogP contribution in [-0.2, 0) is 11.3 Å². The minimum absolute atomic E-state index is 0.506. The largest absolute Gasteiger partial charge is 0.383 e. The average molecular weight is 359 g/mol. The first-order chi connectivity index (χ1) is 10.6. The van der Waals surface area contributed by atoms with E-state index in [1.54, 1.807) is 23.9 Å². The molecule has 0 aliphatic rings. The summed E-state index contributed by atoms with van der Waals surface area (Å²) in [4.78, 5) is 0. The summed E-state index contributed by atoms with van der Waals surface area (Å²) >= 11 is 17.2. The molecule has 1 aromatic carbocycles. The summed E-state index contributed by atoms with van der Waals surface area (Å²) in [7, 11) is 1.64. The highest BCUT2D eigenvalue weighted by molar-refractivity contribution is 7.80. The standard InChI is InChI=1S/C14H16Cl2N4OS/c1-21-7-5-17-14(22)18-13-4-6-20(19-13)9-10-2-3-11(15)8-12(10)16/h2-4,6,8H,5,7,9H2,1H3,(H2,17,18,19,22). The molecule has 0 fully saturated rings. The molecule has 0 unspecified atom stereocenters. The number of thiocarbonyl (C=S) groups is 1. The molecule has 0 aliphatic heterocycles. The fourth-order valence-corrected chi connectivity index (χ4v) is 2.44. The molecule has 0 bridgehead atoms. The molecule has 0 aliphatic carbocycles. The van der Waals surface area contributed by atoms with Crippen LogP contribution in [0.2, 0.25) is 10.0 Å². The van der Waals surface area contributed by atoms with E-state index in [-0.39, 0.29) is 0 Å². The summed E-state index contributed by atoms with van der Waals surface area (Å²) in [6, 6.07) is 7.25. The number of hydrogen-bond acceptors (Lipinski definition) is 3. The molecular formula is C14H16Cl2N4OS. The topological polar surface area (TPSA) is 51.1 Å². The molecule has 1 aromatic heterocycles. The smallest absolute Gasteiger partial charge is 0.172 e. The quantitative estimate of drug-likeness (QED) is 0.613. The first-order valence-electron chi connectivity index (χ1n) is 6.59. The molecule has 2 rings (SSSR count). The van der Waals surface area contributed by atoms with Crippen molar-refractivity contribution < 1.29 is 4.74 Å². The molecule has 8 heteroatoms. The van der Waals surface area contributed by atoms with Gasteiger partial charge in [0.2, 0.25) is 0 Å². The lowest BCUT2D eigenvalue weighted by Gasteiger charge is -2.08. The molecule has 118 valence electrons. The third-order valence-corrected chi connectivity index (χ3v) is 3.65. The Labute approximate surface area is 144 Å². The molecule has 0 saturated carbocycles. The van der Waals surface area contributed by atoms with Gasteiger partial charge in [-0.3, -0.25) is 4.68 Å². The van der Waals surface area contributed by atoms with Crippen molar-refractivity contribution in [2.24, 2.45) is 0 Å². The van der Waals surface area contributed by atoms with Crippen molar-refractivity contribution in [3.05, 3.63) is 46.1 Å². The lowest BCUT2D eigenvalue weighted by molar-refractivity contribution is 0.204. The molecular weight excluding hydrogens is 343 g/mol. The number of ether oxygens (including phenoxy) is 1. The number of nitrogens with one attached hydrogen (secondary N) is 2. The van der Waals surface area contributed by atoms with Crippen LogP contribution in [0.1, 0.15) is 5.56 Å². The zero-order valence-electron chi connectivity index (χ0n) is 12.0. The number of rotatable bonds is 6. The molecule has 2 aromatic rings. The van der Waals surface area contributed by atoms with E-state index in [2.05, 4.69) is 15.7 Å². The normalized spacial score (nSPS) is 10.5. The maximum atomic E-state index is 6.16. The van der Waals surface area contributed by atoms with Crippen molar-refractivity contribution in [1.82, 2.24) is 15.1 Å². The minimum Gasteiger partial charge on any atom is -0.383 e. The zero-order valence-corrected chi connectivity index (χ0v) is 14.3. The van der Waals surface area contributed by atoms with Gasteiger partial charge in [0.15, 0.2) is 10.9 Å². The highest BCUT2D eigenvalue weighted by Crippen LogP contribution is 2.21. The minimum atomic E-state index is 0.506. The first kappa shape index (κ1) is 17.0. The van der Waals surface area contributed by atoms with Gasteiger partial charge in [0.25, 0.3) is 0 Å². The summed E-state index contributed by atoms with van der Waals surface area (Å²) < 4.78 is 6.71. The number of methoxy groups -OCH3 is 1. The van der Waals surface area contributed by atoms with E-state index in [1.807, 2.05) is 18.3 Å². The Hall–Kier alpha value is -1.34. The van der Waals surface area contributed by atoms with Gasteiger partial charge in [-0.15, -0.1) is 0 Å². The van der Waals surface area contributed by atoms with Crippen LogP contribution < -0.4 is 10.6 Å². The maximum absolute atomic E-state index is 6.16. The van der Waals surface area contributed by atoms with Crippen LogP contribution in [0.3, 0.4) is 0 Å². The number of halogens is 2. The van der Waals surface area contributed by atoms with Crippen LogP contribution in [-0.4, -0.2) is 35.2 Å². The van der Waals surface area contributed by atoms with Crippen LogP contribution in [0.15, 0.2) is 30.5 Å². The summed E-state index contributed by atoms with van der Waals surface area (Å²) in [5.74, 6) is 0.667. The molecule has 0 amide bonds. The fourth-order valence-electron chi connectivity index (χ4n) is 1.77. The van der Waals surface area contributed by atoms with E-state index in [0.717, 1.165) is 5.56 Å². The molecule has 0 spiro atoms. The fraction of sp³-hybridized carbons (Fsp3) is 0.286. The summed E-state index contributed by atoms with van der Waals surface area (Å²) in [6.07, 6.45) is 1.85. The van der Waals surface area contributed by atoms with Gasteiger partial charge in [0.05, 0.1) is 13.2 Å². The number of hydrogen-bond donors (Lipinski definition) is 2. The predicted octanol–water partition coefficient (Wildman–Crippen LogP) is 3.17. The number of anilines is 1. The SMILES string of the molecule is COCCNC(=S)Nc1ccn(Cc2ccc(Cl)cc2Cl)n1. The van der Waals surface area contributed by atoms with Crippen molar-refractivity contribution in [2.45, 2.75) is 6.54 Å². The summed E-state index contributed by atoms with van der Waals surface area (Å²) in [5.41, 5.74) is 0.946. The van der Waals surface area contributed by atoms with Crippen LogP contribution in [0.5, 0.6) is 0 Å². The highest BCUT2D eigenvalue weighted by Gasteiger charge is 2.05. The molecule has 5 nitrogen and oxygen atoms in total. The van der Waals surface area contributed by atoms with Gasteiger partial charge in [-0.05, 0) is 29.9 Å². The van der Waals surface area contributed by atoms with E-state index < -0.39 is 0 Å². The Balaban J connectivity index is 1.92. The third-order valence-electron chi connectivity index (χ3n) is 2.82. The number of aromatic nitrogens is 2. The Bertz CT molecular complexity index is 648. The monoisotopic (exact) mass is 358 g/mol. The second-order valence-electron chi connectivity index (χ2n) is 4.51. The van der Waals surface area contributed by atoms with Gasteiger partial charge in [0, 0.05) is 36.0 Å². The van der Waals surface area contributed by atoms with E-state index in [9.17, 15) is 0 Å². The summed E-state index contributed by atoms with van der Waals surface area (Å²) in [6.45, 7) is 1.79. The van der Waals surface area contributed by atoms with Crippen molar-refractivity contribution in [3.63, 3.8) is 0 Å². The van der Waals surface area contributed by atoms with Gasteiger partial charge >= 0.3 is 0 Å². The van der Waals surface area contributed by atoms with Gasteiger partial charge in [-0.25, -0.2) is 0 Å². The van der Waals surface area contributed by atoms with E-state index >= 15 is 0 Å². The second kappa shape index (κ2) is 8.33. The second-order valence-corrected chi connectivity index (χ2v) is 5.76. The predicted molar refractivity (Wildman–Crippen MR) is 93.9 cm³/mol. The van der Waals surface area contributed by atoms with Crippen LogP contribution in [0.25, 0.3) is 0 Å². The average Bonchev–Trinajstić information content (AvgIpc) is 2.89. The van der Waals surface area contributed by atoms with Crippen molar-refractivity contribution >= 4 is 46.4 Å². The zero-order chi connectivity index (χ0) is 15.9. The van der Waals surface area contributed by atoms with Gasteiger partial charge in [0.1, 0.15) is 0 Å². The summed E-state index contributed by atoms with van der Waals surface area (Å²) in [5, 5.41) is 12.2. The lowest BCUT2D eigenvalue weighted by Crippen LogP contribution is -2.31. The molecule has 2 N–H and O–H groups in total. The maximum Gasteiger partial charge on any atom is 0.172 e. The Kier molecular flexibility index (Phi) is 6.45. The van der Waals surface area contributed by atoms with Crippen molar-refractivity contribution in [3.8, 4) is 0 Å². The Morgan fingerprint density at radius 2 is 2.18 bits per heavy atom. The van der Waals surface area contributed by atoms with E-state index in [4.69, 9.17) is 40.2 Å². The van der Waals surface area contributed by atoms with E-state index in [1.165, 1.54) is 0 Å². The van der Waals surface area contributed by atoms with Crippen LogP contribution >= 0.6 is 35.4 Å². The molecule has 0 radical (unpaired) electrons. The van der Waals surface area contributed by atoms with E-state index in [0.29, 0.717) is 40.7 Å². The lowest BCUT2D eigenvalue weighted by atomic mass is 10.2. The Morgan fingerprint density at radius 3 is 2.91 bits per heavy atom. The van der Waals surface area contributed by atoms with Crippen LogP contribution in [0.4, 0.5) is 5.82 Å². The van der Waals surface area contributed by atoms with Crippen LogP contribution in [0, 0.1) is 0 Å². The first-order valence-corrected chi connectivity index (χ1v) is 7.76. The van der Waals surface area contributed by atoms with Gasteiger partial charge < -0.3 is 15.4 Å². The number of nitrogens with zero attached hydrogens (tertiary/aromatic N) is 2. The molecule has 0 atom stereocenters. The molecule has 1 heterocycles. The van der Waals surface area contributed by atoms with Gasteiger partial charge in [-0.2, -0.15) is 5.10 Å². The molecule has 22 heavy (non-hydrogen) atoms. The highest BCUT2D eigenvalue weighted by atomic mass is 35.5. The third kappa shape index (κ3) is 5.14. The number of benzene rings is 1. The van der Waals surface area contributed by atoms with Crippen molar-refractivity contribution in [2.75, 3.05) is 25.6 Å².